The molecule has 2 N–H and O–H groups in total. The smallest absolute Gasteiger partial charge is 0.269 e. The SMILES string of the molecule is CCOc1ccc(-c2nc(C(=N)CO)c3c(n2)N(c2ccc([N+](=O)[O-])cc2)C(=O)C3)cc1. The molecule has 0 saturated carbocycles. The number of aliphatic hydroxyl groups is 1. The molecule has 0 spiro atoms. The van der Waals surface area contributed by atoms with Gasteiger partial charge in [-0.2, -0.15) is 0 Å². The van der Waals surface area contributed by atoms with E-state index in [1.54, 1.807) is 24.3 Å². The first-order valence-electron chi connectivity index (χ1n) is 9.83. The van der Waals surface area contributed by atoms with Gasteiger partial charge in [-0.25, -0.2) is 9.97 Å². The zero-order valence-electron chi connectivity index (χ0n) is 17.1. The number of amides is 1. The topological polar surface area (TPSA) is 143 Å². The number of nitrogens with zero attached hydrogens (tertiary/aromatic N) is 4. The van der Waals surface area contributed by atoms with E-state index in [1.165, 1.54) is 29.2 Å². The Morgan fingerprint density at radius 3 is 2.47 bits per heavy atom. The Labute approximate surface area is 182 Å². The van der Waals surface area contributed by atoms with Gasteiger partial charge in [-0.05, 0) is 43.3 Å². The van der Waals surface area contributed by atoms with E-state index in [-0.39, 0.29) is 41.1 Å². The highest BCUT2D eigenvalue weighted by molar-refractivity contribution is 6.10. The molecule has 1 amide bonds. The zero-order chi connectivity index (χ0) is 22.8. The number of hydrogen-bond donors (Lipinski definition) is 2. The normalized spacial score (nSPS) is 12.6. The third-order valence-corrected chi connectivity index (χ3v) is 4.96. The first kappa shape index (κ1) is 21.1. The number of hydrogen-bond acceptors (Lipinski definition) is 8. The third-order valence-electron chi connectivity index (χ3n) is 4.96. The average molecular weight is 433 g/mol. The number of carbonyl (C=O) groups is 1. The van der Waals surface area contributed by atoms with E-state index < -0.39 is 11.5 Å². The fourth-order valence-electron chi connectivity index (χ4n) is 3.48. The van der Waals surface area contributed by atoms with Gasteiger partial charge in [-0.1, -0.05) is 0 Å². The van der Waals surface area contributed by atoms with Crippen LogP contribution in [0.4, 0.5) is 17.2 Å². The first-order valence-corrected chi connectivity index (χ1v) is 9.83. The predicted molar refractivity (Wildman–Crippen MR) is 116 cm³/mol. The van der Waals surface area contributed by atoms with Crippen molar-refractivity contribution < 1.29 is 19.6 Å². The van der Waals surface area contributed by atoms with E-state index >= 15 is 0 Å². The molecule has 0 bridgehead atoms. The molecule has 3 aromatic rings. The van der Waals surface area contributed by atoms with Gasteiger partial charge >= 0.3 is 0 Å². The molecule has 0 atom stereocenters. The number of fused-ring (bicyclic) bond motifs is 1. The van der Waals surface area contributed by atoms with E-state index in [2.05, 4.69) is 9.97 Å². The Kier molecular flexibility index (Phi) is 5.61. The van der Waals surface area contributed by atoms with Gasteiger partial charge in [-0.3, -0.25) is 19.8 Å². The molecule has 0 fully saturated rings. The molecule has 0 aliphatic carbocycles. The Morgan fingerprint density at radius 1 is 1.19 bits per heavy atom. The first-order chi connectivity index (χ1) is 15.4. The maximum atomic E-state index is 12.9. The fraction of sp³-hybridized carbons (Fsp3) is 0.182. The number of carbonyl (C=O) groups excluding carboxylic acids is 1. The van der Waals surface area contributed by atoms with E-state index in [0.717, 1.165) is 0 Å². The van der Waals surface area contributed by atoms with Crippen molar-refractivity contribution in [3.8, 4) is 17.1 Å². The second-order valence-corrected chi connectivity index (χ2v) is 6.97. The lowest BCUT2D eigenvalue weighted by atomic mass is 10.1. The number of benzene rings is 2. The van der Waals surface area contributed by atoms with Gasteiger partial charge in [0, 0.05) is 23.3 Å². The highest BCUT2D eigenvalue weighted by Crippen LogP contribution is 2.37. The number of anilines is 2. The van der Waals surface area contributed by atoms with Crippen molar-refractivity contribution >= 4 is 28.8 Å². The van der Waals surface area contributed by atoms with Crippen LogP contribution in [0.25, 0.3) is 11.4 Å². The van der Waals surface area contributed by atoms with Crippen LogP contribution in [0.3, 0.4) is 0 Å². The molecule has 0 radical (unpaired) electrons. The summed E-state index contributed by atoms with van der Waals surface area (Å²) in [6.45, 7) is 1.87. The summed E-state index contributed by atoms with van der Waals surface area (Å²) in [5.41, 5.74) is 1.46. The number of nitrogens with one attached hydrogen (secondary N) is 1. The fourth-order valence-corrected chi connectivity index (χ4v) is 3.48. The van der Waals surface area contributed by atoms with E-state index in [0.29, 0.717) is 29.2 Å². The lowest BCUT2D eigenvalue weighted by molar-refractivity contribution is -0.384. The van der Waals surface area contributed by atoms with Crippen molar-refractivity contribution in [3.63, 3.8) is 0 Å². The van der Waals surface area contributed by atoms with Crippen molar-refractivity contribution in [3.05, 3.63) is 69.9 Å². The number of ether oxygens (including phenoxy) is 1. The van der Waals surface area contributed by atoms with Crippen LogP contribution in [0.2, 0.25) is 0 Å². The van der Waals surface area contributed by atoms with Crippen LogP contribution in [0, 0.1) is 15.5 Å². The van der Waals surface area contributed by atoms with Gasteiger partial charge in [0.1, 0.15) is 11.6 Å². The standard InChI is InChI=1S/C22H19N5O5/c1-2-32-16-9-3-13(4-10-16)21-24-20(18(23)12-28)17-11-19(29)26(22(17)25-21)14-5-7-15(8-6-14)27(30)31/h3-10,23,28H,2,11-12H2,1H3. The molecule has 1 aromatic heterocycles. The third kappa shape index (κ3) is 3.79. The molecular formula is C22H19N5O5. The van der Waals surface area contributed by atoms with E-state index in [1.807, 2.05) is 6.92 Å². The van der Waals surface area contributed by atoms with Crippen LogP contribution < -0.4 is 9.64 Å². The van der Waals surface area contributed by atoms with Crippen molar-refractivity contribution in [2.45, 2.75) is 13.3 Å². The molecule has 2 aromatic carbocycles. The molecule has 1 aliphatic rings. The zero-order valence-corrected chi connectivity index (χ0v) is 17.1. The summed E-state index contributed by atoms with van der Waals surface area (Å²) in [6, 6.07) is 12.6. The summed E-state index contributed by atoms with van der Waals surface area (Å²) in [5, 5.41) is 28.6. The van der Waals surface area contributed by atoms with Crippen LogP contribution in [-0.4, -0.2) is 44.8 Å². The minimum Gasteiger partial charge on any atom is -0.494 e. The van der Waals surface area contributed by atoms with Gasteiger partial charge < -0.3 is 15.3 Å². The molecule has 2 heterocycles. The molecule has 10 heteroatoms. The highest BCUT2D eigenvalue weighted by atomic mass is 16.6. The Hall–Kier alpha value is -4.18. The molecule has 10 nitrogen and oxygen atoms in total. The summed E-state index contributed by atoms with van der Waals surface area (Å²) < 4.78 is 5.46. The molecule has 162 valence electrons. The predicted octanol–water partition coefficient (Wildman–Crippen LogP) is 3.03. The van der Waals surface area contributed by atoms with Crippen molar-refractivity contribution in [1.29, 1.82) is 5.41 Å². The van der Waals surface area contributed by atoms with Gasteiger partial charge in [0.15, 0.2) is 5.82 Å². The maximum absolute atomic E-state index is 12.9. The lowest BCUT2D eigenvalue weighted by Crippen LogP contribution is -2.21. The van der Waals surface area contributed by atoms with Gasteiger partial charge in [0.05, 0.1) is 41.7 Å². The summed E-state index contributed by atoms with van der Waals surface area (Å²) in [4.78, 5) is 33.7. The molecule has 0 saturated heterocycles. The van der Waals surface area contributed by atoms with Crippen LogP contribution in [0.1, 0.15) is 18.2 Å². The quantitative estimate of drug-likeness (QED) is 0.331. The largest absolute Gasteiger partial charge is 0.494 e. The molecule has 0 unspecified atom stereocenters. The average Bonchev–Trinajstić information content (AvgIpc) is 3.14. The Morgan fingerprint density at radius 2 is 1.88 bits per heavy atom. The Bertz CT molecular complexity index is 1210. The monoisotopic (exact) mass is 433 g/mol. The second-order valence-electron chi connectivity index (χ2n) is 6.97. The summed E-state index contributed by atoms with van der Waals surface area (Å²) >= 11 is 0. The van der Waals surface area contributed by atoms with Gasteiger partial charge in [0.2, 0.25) is 5.91 Å². The van der Waals surface area contributed by atoms with Crippen molar-refractivity contribution in [2.75, 3.05) is 18.1 Å². The number of aromatic nitrogens is 2. The van der Waals surface area contributed by atoms with Crippen LogP contribution in [0.15, 0.2) is 48.5 Å². The molecule has 32 heavy (non-hydrogen) atoms. The van der Waals surface area contributed by atoms with Crippen LogP contribution in [-0.2, 0) is 11.2 Å². The summed E-state index contributed by atoms with van der Waals surface area (Å²) in [7, 11) is 0. The number of nitro benzene ring substituents is 1. The second kappa shape index (κ2) is 8.52. The van der Waals surface area contributed by atoms with E-state index in [4.69, 9.17) is 10.1 Å². The van der Waals surface area contributed by atoms with Crippen LogP contribution in [0.5, 0.6) is 5.75 Å². The number of nitro groups is 1. The van der Waals surface area contributed by atoms with E-state index in [9.17, 15) is 20.0 Å². The summed E-state index contributed by atoms with van der Waals surface area (Å²) in [6.07, 6.45) is -0.0480. The minimum absolute atomic E-state index is 0.0480. The number of aliphatic hydroxyl groups excluding tert-OH is 1. The van der Waals surface area contributed by atoms with Gasteiger partial charge in [-0.15, -0.1) is 0 Å². The number of non-ortho nitro benzene ring substituents is 1. The maximum Gasteiger partial charge on any atom is 0.269 e. The molecular weight excluding hydrogens is 414 g/mol. The molecule has 1 aliphatic heterocycles. The molecule has 4 rings (SSSR count). The number of rotatable bonds is 7. The summed E-state index contributed by atoms with van der Waals surface area (Å²) in [5.74, 6) is 0.944. The lowest BCUT2D eigenvalue weighted by Gasteiger charge is -2.18. The van der Waals surface area contributed by atoms with Gasteiger partial charge in [0.25, 0.3) is 5.69 Å². The Balaban J connectivity index is 1.83. The van der Waals surface area contributed by atoms with Crippen molar-refractivity contribution in [2.24, 2.45) is 0 Å². The highest BCUT2D eigenvalue weighted by Gasteiger charge is 2.34. The van der Waals surface area contributed by atoms with Crippen LogP contribution >= 0.6 is 0 Å². The van der Waals surface area contributed by atoms with Crippen molar-refractivity contribution in [1.82, 2.24) is 9.97 Å². The minimum atomic E-state index is -0.544.